The van der Waals surface area contributed by atoms with Gasteiger partial charge in [0.15, 0.2) is 5.82 Å². The largest absolute Gasteiger partial charge is 0.405 e. The van der Waals surface area contributed by atoms with Crippen molar-refractivity contribution >= 4 is 34.4 Å². The number of nitrogens with two attached hydrogens (primary N) is 1. The molecule has 0 spiro atoms. The lowest BCUT2D eigenvalue weighted by Gasteiger charge is -2.29. The van der Waals surface area contributed by atoms with E-state index in [0.29, 0.717) is 22.6 Å². The van der Waals surface area contributed by atoms with E-state index in [2.05, 4.69) is 55.5 Å². The van der Waals surface area contributed by atoms with Crippen LogP contribution in [0.3, 0.4) is 0 Å². The average Bonchev–Trinajstić information content (AvgIpc) is 3.61. The summed E-state index contributed by atoms with van der Waals surface area (Å²) in [5.74, 6) is 0.513. The van der Waals surface area contributed by atoms with E-state index < -0.39 is 0 Å². The second kappa shape index (κ2) is 11.7. The number of aromatic nitrogens is 3. The summed E-state index contributed by atoms with van der Waals surface area (Å²) in [6, 6.07) is 10.6. The summed E-state index contributed by atoms with van der Waals surface area (Å²) in [4.78, 5) is 19.1. The van der Waals surface area contributed by atoms with E-state index in [1.54, 1.807) is 23.7 Å². The Balaban J connectivity index is 1.86. The number of H-pyrrole nitrogens is 1. The highest BCUT2D eigenvalue weighted by Crippen LogP contribution is 2.43. The minimum atomic E-state index is -0.183. The van der Waals surface area contributed by atoms with Gasteiger partial charge in [-0.2, -0.15) is 0 Å². The summed E-state index contributed by atoms with van der Waals surface area (Å²) in [5, 5.41) is 15.2. The molecule has 8 nitrogen and oxygen atoms in total. The van der Waals surface area contributed by atoms with Crippen molar-refractivity contribution in [2.45, 2.75) is 25.4 Å². The number of halogens is 1. The molecule has 4 rings (SSSR count). The SMILES string of the molecule is C=C(/C=C(\C=C/N)c1cc(C(c2ccc(Cl)cc2)N2CC[C@H](NC)C2)c(-c2nnc[nH]2)s1)NC(C)=O. The van der Waals surface area contributed by atoms with E-state index in [1.165, 1.54) is 13.1 Å². The van der Waals surface area contributed by atoms with E-state index in [4.69, 9.17) is 17.3 Å². The first-order valence-corrected chi connectivity index (χ1v) is 12.8. The van der Waals surface area contributed by atoms with Gasteiger partial charge in [-0.15, -0.1) is 21.5 Å². The molecule has 3 heterocycles. The number of benzene rings is 1. The van der Waals surface area contributed by atoms with Crippen molar-refractivity contribution in [3.05, 3.63) is 88.3 Å². The summed E-state index contributed by atoms with van der Waals surface area (Å²) in [6.07, 6.45) is 7.74. The number of carbonyl (C=O) groups excluding carboxylic acids is 1. The van der Waals surface area contributed by atoms with Crippen LogP contribution in [0.4, 0.5) is 0 Å². The van der Waals surface area contributed by atoms with Gasteiger partial charge in [0.25, 0.3) is 0 Å². The smallest absolute Gasteiger partial charge is 0.221 e. The number of rotatable bonds is 9. The number of thiophene rings is 1. The molecule has 188 valence electrons. The van der Waals surface area contributed by atoms with E-state index >= 15 is 0 Å². The van der Waals surface area contributed by atoms with Crippen molar-refractivity contribution in [2.75, 3.05) is 20.1 Å². The molecule has 10 heteroatoms. The van der Waals surface area contributed by atoms with Crippen LogP contribution in [0.1, 0.15) is 35.4 Å². The Morgan fingerprint density at radius 2 is 2.17 bits per heavy atom. The predicted octanol–water partition coefficient (Wildman–Crippen LogP) is 4.08. The number of nitrogens with one attached hydrogen (secondary N) is 3. The summed E-state index contributed by atoms with van der Waals surface area (Å²) in [5.41, 5.74) is 9.35. The molecular formula is C26H30ClN7OS. The summed E-state index contributed by atoms with van der Waals surface area (Å²) >= 11 is 7.82. The van der Waals surface area contributed by atoms with E-state index in [-0.39, 0.29) is 11.9 Å². The fourth-order valence-electron chi connectivity index (χ4n) is 4.50. The number of carbonyl (C=O) groups is 1. The van der Waals surface area contributed by atoms with Gasteiger partial charge in [-0.1, -0.05) is 30.3 Å². The van der Waals surface area contributed by atoms with E-state index in [1.807, 2.05) is 25.3 Å². The van der Waals surface area contributed by atoms with Crippen LogP contribution in [0.15, 0.2) is 67.3 Å². The molecule has 1 fully saturated rings. The minimum absolute atomic E-state index is 0.0210. The molecular weight excluding hydrogens is 494 g/mol. The molecule has 1 aliphatic heterocycles. The van der Waals surface area contributed by atoms with Crippen LogP contribution in [0.5, 0.6) is 0 Å². The van der Waals surface area contributed by atoms with Crippen LogP contribution >= 0.6 is 22.9 Å². The Morgan fingerprint density at radius 1 is 1.39 bits per heavy atom. The van der Waals surface area contributed by atoms with Gasteiger partial charge >= 0.3 is 0 Å². The Labute approximate surface area is 220 Å². The maximum absolute atomic E-state index is 11.5. The molecule has 0 radical (unpaired) electrons. The van der Waals surface area contributed by atoms with Crippen LogP contribution in [-0.4, -0.2) is 52.2 Å². The van der Waals surface area contributed by atoms with Crippen molar-refractivity contribution in [3.63, 3.8) is 0 Å². The second-order valence-electron chi connectivity index (χ2n) is 8.62. The van der Waals surface area contributed by atoms with Crippen molar-refractivity contribution < 1.29 is 4.79 Å². The Bertz CT molecular complexity index is 1260. The summed E-state index contributed by atoms with van der Waals surface area (Å²) in [7, 11) is 2.01. The average molecular weight is 524 g/mol. The molecule has 5 N–H and O–H groups in total. The van der Waals surface area contributed by atoms with Gasteiger partial charge < -0.3 is 21.4 Å². The first-order valence-electron chi connectivity index (χ1n) is 11.6. The fraction of sp³-hybridized carbons (Fsp3) is 0.269. The molecule has 0 bridgehead atoms. The van der Waals surface area contributed by atoms with Gasteiger partial charge in [0.2, 0.25) is 5.91 Å². The monoisotopic (exact) mass is 523 g/mol. The lowest BCUT2D eigenvalue weighted by Crippen LogP contribution is -2.32. The highest BCUT2D eigenvalue weighted by Gasteiger charge is 2.33. The third kappa shape index (κ3) is 5.93. The maximum atomic E-state index is 11.5. The Kier molecular flexibility index (Phi) is 8.37. The van der Waals surface area contributed by atoms with Crippen LogP contribution in [0.2, 0.25) is 5.02 Å². The van der Waals surface area contributed by atoms with E-state index in [9.17, 15) is 4.79 Å². The number of likely N-dealkylation sites (tertiary alicyclic amines) is 1. The third-order valence-electron chi connectivity index (χ3n) is 6.09. The van der Waals surface area contributed by atoms with Crippen LogP contribution < -0.4 is 16.4 Å². The van der Waals surface area contributed by atoms with Gasteiger partial charge in [0.05, 0.1) is 10.9 Å². The van der Waals surface area contributed by atoms with E-state index in [0.717, 1.165) is 46.0 Å². The molecule has 0 saturated carbocycles. The number of likely N-dealkylation sites (N-methyl/N-ethyl adjacent to an activating group) is 1. The molecule has 2 aromatic heterocycles. The minimum Gasteiger partial charge on any atom is -0.405 e. The third-order valence-corrected chi connectivity index (χ3v) is 7.55. The zero-order chi connectivity index (χ0) is 25.7. The standard InChI is InChI=1S/C26H30ClN7OS/c1-16(32-17(2)35)12-19(8-10-28)23-13-22(25(36-23)26-30-15-31-33-26)24(18-4-6-20(27)7-5-18)34-11-9-21(14-34)29-3/h4-8,10,12-13,15,21,24,29H,1,9,11,14,28H2,2-3H3,(H,32,35)(H,30,31,33)/b10-8-,19-12+/t21-,24?/m0/s1. The van der Waals surface area contributed by atoms with Crippen LogP contribution in [-0.2, 0) is 4.79 Å². The fourth-order valence-corrected chi connectivity index (χ4v) is 5.76. The number of aromatic amines is 1. The quantitative estimate of drug-likeness (QED) is 0.314. The first-order chi connectivity index (χ1) is 17.4. The van der Waals surface area contributed by atoms with Crippen LogP contribution in [0.25, 0.3) is 16.3 Å². The molecule has 0 aliphatic carbocycles. The molecule has 1 aliphatic rings. The molecule has 1 amide bonds. The van der Waals surface area contributed by atoms with Gasteiger partial charge in [-0.3, -0.25) is 9.69 Å². The molecule has 3 aromatic rings. The second-order valence-corrected chi connectivity index (χ2v) is 10.1. The highest BCUT2D eigenvalue weighted by atomic mass is 35.5. The summed E-state index contributed by atoms with van der Waals surface area (Å²) in [6.45, 7) is 7.27. The van der Waals surface area contributed by atoms with Gasteiger partial charge in [0, 0.05) is 41.7 Å². The highest BCUT2D eigenvalue weighted by molar-refractivity contribution is 7.16. The maximum Gasteiger partial charge on any atom is 0.221 e. The topological polar surface area (TPSA) is 112 Å². The number of amides is 1. The zero-order valence-corrected chi connectivity index (χ0v) is 21.9. The van der Waals surface area contributed by atoms with Gasteiger partial charge in [-0.25, -0.2) is 0 Å². The summed E-state index contributed by atoms with van der Waals surface area (Å²) < 4.78 is 0. The molecule has 1 aromatic carbocycles. The van der Waals surface area contributed by atoms with Crippen LogP contribution in [0, 0.1) is 0 Å². The predicted molar refractivity (Wildman–Crippen MR) is 146 cm³/mol. The lowest BCUT2D eigenvalue weighted by atomic mass is 9.96. The number of hydrogen-bond donors (Lipinski definition) is 4. The van der Waals surface area contributed by atoms with Crippen molar-refractivity contribution in [1.82, 2.24) is 30.7 Å². The zero-order valence-electron chi connectivity index (χ0n) is 20.3. The normalized spacial score (nSPS) is 17.5. The molecule has 1 unspecified atom stereocenters. The number of allylic oxidation sites excluding steroid dienone is 3. The molecule has 2 atom stereocenters. The Hall–Kier alpha value is -3.24. The first kappa shape index (κ1) is 25.8. The molecule has 1 saturated heterocycles. The Morgan fingerprint density at radius 3 is 2.78 bits per heavy atom. The van der Waals surface area contributed by atoms with Gasteiger partial charge in [0.1, 0.15) is 6.33 Å². The number of nitrogens with zero attached hydrogens (tertiary/aromatic N) is 3. The van der Waals surface area contributed by atoms with Crippen molar-refractivity contribution in [1.29, 1.82) is 0 Å². The van der Waals surface area contributed by atoms with Crippen molar-refractivity contribution in [2.24, 2.45) is 5.73 Å². The number of hydrogen-bond acceptors (Lipinski definition) is 7. The molecule has 36 heavy (non-hydrogen) atoms. The van der Waals surface area contributed by atoms with Gasteiger partial charge in [-0.05, 0) is 66.7 Å². The lowest BCUT2D eigenvalue weighted by molar-refractivity contribution is -0.118. The van der Waals surface area contributed by atoms with Crippen molar-refractivity contribution in [3.8, 4) is 10.7 Å².